The van der Waals surface area contributed by atoms with Crippen LogP contribution in [0.15, 0.2) is 0 Å². The molecule has 0 N–H and O–H groups in total. The summed E-state index contributed by atoms with van der Waals surface area (Å²) in [4.78, 5) is 0. The summed E-state index contributed by atoms with van der Waals surface area (Å²) in [6, 6.07) is 0. The van der Waals surface area contributed by atoms with Crippen molar-refractivity contribution in [2.24, 2.45) is 0 Å². The van der Waals surface area contributed by atoms with Crippen LogP contribution in [0.3, 0.4) is 0 Å². The number of rotatable bonds is 1. The third-order valence-corrected chi connectivity index (χ3v) is 2.19. The SMILES string of the molecule is CO[C@@H]1O[C@H](F)C2OC(C)(C)OC21. The topological polar surface area (TPSA) is 36.9 Å². The maximum absolute atomic E-state index is 13.2. The van der Waals surface area contributed by atoms with Crippen molar-refractivity contribution < 1.29 is 23.3 Å². The summed E-state index contributed by atoms with van der Waals surface area (Å²) in [6.45, 7) is 3.48. The third kappa shape index (κ3) is 1.46. The number of hydrogen-bond acceptors (Lipinski definition) is 4. The van der Waals surface area contributed by atoms with Crippen molar-refractivity contribution in [1.29, 1.82) is 0 Å². The lowest BCUT2D eigenvalue weighted by Gasteiger charge is -2.21. The Morgan fingerprint density at radius 3 is 2.46 bits per heavy atom. The van der Waals surface area contributed by atoms with Crippen LogP contribution in [0.25, 0.3) is 0 Å². The average molecular weight is 192 g/mol. The number of ether oxygens (including phenoxy) is 4. The highest BCUT2D eigenvalue weighted by molar-refractivity contribution is 4.90. The van der Waals surface area contributed by atoms with Gasteiger partial charge >= 0.3 is 0 Å². The number of fused-ring (bicyclic) bond motifs is 1. The van der Waals surface area contributed by atoms with Crippen LogP contribution in [0.2, 0.25) is 0 Å². The second-order valence-corrected chi connectivity index (χ2v) is 3.66. The van der Waals surface area contributed by atoms with Crippen LogP contribution in [0, 0.1) is 0 Å². The standard InChI is InChI=1S/C8H13FO4/c1-8(2)12-4-5(13-8)7(10-3)11-6(4)9/h4-7H,1-3H3/t4?,5?,6-,7+/m0/s1. The van der Waals surface area contributed by atoms with Gasteiger partial charge in [-0.2, -0.15) is 0 Å². The molecule has 2 saturated heterocycles. The molecule has 2 fully saturated rings. The van der Waals surface area contributed by atoms with E-state index in [4.69, 9.17) is 18.9 Å². The van der Waals surface area contributed by atoms with Gasteiger partial charge in [-0.3, -0.25) is 0 Å². The first-order valence-electron chi connectivity index (χ1n) is 4.21. The molecule has 2 unspecified atom stereocenters. The Balaban J connectivity index is 2.12. The largest absolute Gasteiger partial charge is 0.353 e. The lowest BCUT2D eigenvalue weighted by atomic mass is 10.2. The molecule has 0 aliphatic carbocycles. The minimum Gasteiger partial charge on any atom is -0.353 e. The molecule has 2 aliphatic rings. The summed E-state index contributed by atoms with van der Waals surface area (Å²) in [7, 11) is 1.45. The lowest BCUT2D eigenvalue weighted by molar-refractivity contribution is -0.244. The van der Waals surface area contributed by atoms with Crippen LogP contribution in [-0.4, -0.2) is 37.8 Å². The molecule has 0 amide bonds. The summed E-state index contributed by atoms with van der Waals surface area (Å²) in [5.74, 6) is -0.750. The monoisotopic (exact) mass is 192 g/mol. The zero-order valence-corrected chi connectivity index (χ0v) is 7.82. The smallest absolute Gasteiger partial charge is 0.230 e. The van der Waals surface area contributed by atoms with Crippen molar-refractivity contribution in [1.82, 2.24) is 0 Å². The molecule has 0 radical (unpaired) electrons. The minimum atomic E-state index is -1.46. The van der Waals surface area contributed by atoms with E-state index in [1.807, 2.05) is 0 Å². The first-order valence-corrected chi connectivity index (χ1v) is 4.21. The summed E-state index contributed by atoms with van der Waals surface area (Å²) in [6.07, 6.45) is -3.26. The lowest BCUT2D eigenvalue weighted by Crippen LogP contribution is -2.30. The molecule has 2 rings (SSSR count). The van der Waals surface area contributed by atoms with E-state index in [-0.39, 0.29) is 0 Å². The summed E-state index contributed by atoms with van der Waals surface area (Å²) >= 11 is 0. The number of halogens is 1. The molecule has 0 saturated carbocycles. The fourth-order valence-corrected chi connectivity index (χ4v) is 1.70. The number of alkyl halides is 1. The average Bonchev–Trinajstić information content (AvgIpc) is 2.47. The second-order valence-electron chi connectivity index (χ2n) is 3.66. The Morgan fingerprint density at radius 1 is 1.23 bits per heavy atom. The summed E-state index contributed by atoms with van der Waals surface area (Å²) in [5.41, 5.74) is 0. The molecule has 0 aromatic rings. The zero-order valence-electron chi connectivity index (χ0n) is 7.82. The van der Waals surface area contributed by atoms with Crippen LogP contribution in [0.5, 0.6) is 0 Å². The Hall–Kier alpha value is -0.230. The van der Waals surface area contributed by atoms with Gasteiger partial charge in [0.15, 0.2) is 12.1 Å². The molecule has 0 bridgehead atoms. The molecule has 4 atom stereocenters. The fraction of sp³-hybridized carbons (Fsp3) is 1.00. The highest BCUT2D eigenvalue weighted by atomic mass is 19.1. The molecule has 5 heteroatoms. The number of hydrogen-bond donors (Lipinski definition) is 0. The maximum atomic E-state index is 13.2. The Morgan fingerprint density at radius 2 is 1.85 bits per heavy atom. The molecule has 0 spiro atoms. The molecule has 0 aromatic heterocycles. The van der Waals surface area contributed by atoms with Crippen molar-refractivity contribution >= 4 is 0 Å². The molecular weight excluding hydrogens is 179 g/mol. The molecular formula is C8H13FO4. The van der Waals surface area contributed by atoms with E-state index in [9.17, 15) is 4.39 Å². The van der Waals surface area contributed by atoms with E-state index in [0.29, 0.717) is 0 Å². The van der Waals surface area contributed by atoms with Gasteiger partial charge in [-0.15, -0.1) is 0 Å². The predicted octanol–water partition coefficient (Wildman–Crippen LogP) is 0.805. The summed E-state index contributed by atoms with van der Waals surface area (Å²) in [5, 5.41) is 0. The first-order chi connectivity index (χ1) is 6.03. The Bertz CT molecular complexity index is 208. The van der Waals surface area contributed by atoms with Gasteiger partial charge in [-0.25, -0.2) is 4.39 Å². The highest BCUT2D eigenvalue weighted by Gasteiger charge is 2.56. The van der Waals surface area contributed by atoms with Gasteiger partial charge in [0.25, 0.3) is 0 Å². The molecule has 13 heavy (non-hydrogen) atoms. The Kier molecular flexibility index (Phi) is 2.07. The van der Waals surface area contributed by atoms with E-state index >= 15 is 0 Å². The summed E-state index contributed by atoms with van der Waals surface area (Å²) < 4.78 is 33.7. The van der Waals surface area contributed by atoms with Gasteiger partial charge in [0, 0.05) is 7.11 Å². The van der Waals surface area contributed by atoms with Crippen molar-refractivity contribution in [3.05, 3.63) is 0 Å². The van der Waals surface area contributed by atoms with Crippen LogP contribution in [0.1, 0.15) is 13.8 Å². The molecule has 4 nitrogen and oxygen atoms in total. The molecule has 0 aromatic carbocycles. The van der Waals surface area contributed by atoms with Gasteiger partial charge in [0.2, 0.25) is 6.36 Å². The van der Waals surface area contributed by atoms with E-state index in [1.165, 1.54) is 7.11 Å². The van der Waals surface area contributed by atoms with E-state index in [0.717, 1.165) is 0 Å². The van der Waals surface area contributed by atoms with Gasteiger partial charge in [0.05, 0.1) is 0 Å². The van der Waals surface area contributed by atoms with E-state index < -0.39 is 30.6 Å². The van der Waals surface area contributed by atoms with Crippen molar-refractivity contribution in [3.8, 4) is 0 Å². The predicted molar refractivity (Wildman–Crippen MR) is 40.6 cm³/mol. The second kappa shape index (κ2) is 2.88. The Labute approximate surface area is 75.9 Å². The number of methoxy groups -OCH3 is 1. The van der Waals surface area contributed by atoms with E-state index in [1.54, 1.807) is 13.8 Å². The van der Waals surface area contributed by atoms with Crippen molar-refractivity contribution in [2.75, 3.05) is 7.11 Å². The molecule has 2 heterocycles. The fourth-order valence-electron chi connectivity index (χ4n) is 1.70. The third-order valence-electron chi connectivity index (χ3n) is 2.19. The van der Waals surface area contributed by atoms with E-state index in [2.05, 4.69) is 0 Å². The maximum Gasteiger partial charge on any atom is 0.230 e. The van der Waals surface area contributed by atoms with Gasteiger partial charge < -0.3 is 18.9 Å². The molecule has 2 aliphatic heterocycles. The zero-order chi connectivity index (χ0) is 9.64. The van der Waals surface area contributed by atoms with Crippen molar-refractivity contribution in [2.45, 2.75) is 44.5 Å². The van der Waals surface area contributed by atoms with Crippen LogP contribution in [0.4, 0.5) is 4.39 Å². The van der Waals surface area contributed by atoms with Crippen LogP contribution in [-0.2, 0) is 18.9 Å². The quantitative estimate of drug-likeness (QED) is 0.616. The first kappa shape index (κ1) is 9.33. The van der Waals surface area contributed by atoms with Crippen molar-refractivity contribution in [3.63, 3.8) is 0 Å². The van der Waals surface area contributed by atoms with Crippen LogP contribution < -0.4 is 0 Å². The molecule has 76 valence electrons. The normalized spacial score (nSPS) is 48.0. The van der Waals surface area contributed by atoms with Crippen LogP contribution >= 0.6 is 0 Å². The minimum absolute atomic E-state index is 0.463. The highest BCUT2D eigenvalue weighted by Crippen LogP contribution is 2.39. The van der Waals surface area contributed by atoms with Gasteiger partial charge in [-0.05, 0) is 13.8 Å². The van der Waals surface area contributed by atoms with Gasteiger partial charge in [0.1, 0.15) is 12.2 Å². The van der Waals surface area contributed by atoms with Gasteiger partial charge in [-0.1, -0.05) is 0 Å².